The van der Waals surface area contributed by atoms with Crippen LogP contribution in [0.3, 0.4) is 0 Å². The first-order chi connectivity index (χ1) is 14.6. The van der Waals surface area contributed by atoms with Crippen molar-refractivity contribution >= 4 is 72.5 Å². The summed E-state index contributed by atoms with van der Waals surface area (Å²) in [5.74, 6) is 0.744. The van der Waals surface area contributed by atoms with Crippen molar-refractivity contribution in [1.82, 2.24) is 29.7 Å². The highest BCUT2D eigenvalue weighted by molar-refractivity contribution is 9.11. The molecular formula is C18H29Br2Cl3N8. The van der Waals surface area contributed by atoms with Gasteiger partial charge in [-0.15, -0.1) is 0 Å². The summed E-state index contributed by atoms with van der Waals surface area (Å²) in [5.41, 5.74) is 5.25. The van der Waals surface area contributed by atoms with Crippen LogP contribution in [0.1, 0.15) is 12.8 Å². The van der Waals surface area contributed by atoms with Crippen molar-refractivity contribution in [3.63, 3.8) is 0 Å². The largest absolute Gasteiger partial charge is 0.369 e. The summed E-state index contributed by atoms with van der Waals surface area (Å²) in [6, 6.07) is 0. The second-order valence-corrected chi connectivity index (χ2v) is 9.39. The van der Waals surface area contributed by atoms with Crippen molar-refractivity contribution in [1.29, 1.82) is 0 Å². The van der Waals surface area contributed by atoms with Crippen LogP contribution in [0.2, 0.25) is 15.7 Å². The summed E-state index contributed by atoms with van der Waals surface area (Å²) in [5, 5.41) is 3.94. The zero-order chi connectivity index (χ0) is 23.8. The number of anilines is 1. The van der Waals surface area contributed by atoms with E-state index in [9.17, 15) is 0 Å². The van der Waals surface area contributed by atoms with Gasteiger partial charge in [0, 0.05) is 18.9 Å². The molecule has 3 N–H and O–H groups in total. The minimum absolute atomic E-state index is 0.156. The highest BCUT2D eigenvalue weighted by Gasteiger charge is 2.02. The molecule has 2 heterocycles. The van der Waals surface area contributed by atoms with Crippen molar-refractivity contribution in [2.24, 2.45) is 5.73 Å². The van der Waals surface area contributed by atoms with Crippen LogP contribution in [-0.2, 0) is 0 Å². The van der Waals surface area contributed by atoms with Crippen molar-refractivity contribution in [2.75, 3.05) is 59.7 Å². The molecule has 0 spiro atoms. The van der Waals surface area contributed by atoms with Gasteiger partial charge in [-0.3, -0.25) is 0 Å². The molecule has 8 nitrogen and oxygen atoms in total. The first-order valence-electron chi connectivity index (χ1n) is 9.31. The van der Waals surface area contributed by atoms with Gasteiger partial charge in [-0.25, -0.2) is 15.0 Å². The van der Waals surface area contributed by atoms with Gasteiger partial charge >= 0.3 is 0 Å². The molecule has 176 valence electrons. The molecule has 2 aromatic rings. The van der Waals surface area contributed by atoms with Crippen molar-refractivity contribution in [3.8, 4) is 0 Å². The van der Waals surface area contributed by atoms with Crippen LogP contribution in [0, 0.1) is 0 Å². The Labute approximate surface area is 216 Å². The van der Waals surface area contributed by atoms with E-state index in [2.05, 4.69) is 95.1 Å². The summed E-state index contributed by atoms with van der Waals surface area (Å²) < 4.78 is 1.48. The lowest BCUT2D eigenvalue weighted by molar-refractivity contribution is 0.403. The third-order valence-corrected chi connectivity index (χ3v) is 5.31. The molecule has 0 aromatic carbocycles. The fraction of sp³-hybridized carbons (Fsp3) is 0.556. The SMILES string of the molecule is CN(C)CCCN.CN(C)CCCNc1nc(Cl)ncc1Br.Clc1ncc(Br)c(Cl)n1. The fourth-order valence-electron chi connectivity index (χ4n) is 1.81. The molecule has 0 aliphatic carbocycles. The Kier molecular flexibility index (Phi) is 17.9. The topological polar surface area (TPSA) is 96.1 Å². The van der Waals surface area contributed by atoms with Gasteiger partial charge in [0.1, 0.15) is 11.0 Å². The second-order valence-electron chi connectivity index (χ2n) is 6.64. The van der Waals surface area contributed by atoms with E-state index in [0.717, 1.165) is 49.3 Å². The van der Waals surface area contributed by atoms with E-state index in [1.54, 1.807) is 6.20 Å². The zero-order valence-electron chi connectivity index (χ0n) is 18.0. The van der Waals surface area contributed by atoms with Crippen LogP contribution < -0.4 is 11.1 Å². The molecule has 2 rings (SSSR count). The third kappa shape index (κ3) is 16.9. The number of hydrogen-bond donors (Lipinski definition) is 2. The zero-order valence-corrected chi connectivity index (χ0v) is 23.5. The van der Waals surface area contributed by atoms with Crippen molar-refractivity contribution in [3.05, 3.63) is 37.1 Å². The highest BCUT2D eigenvalue weighted by Crippen LogP contribution is 2.20. The summed E-state index contributed by atoms with van der Waals surface area (Å²) in [7, 11) is 8.21. The van der Waals surface area contributed by atoms with Gasteiger partial charge in [0.05, 0.1) is 8.95 Å². The number of halogens is 5. The van der Waals surface area contributed by atoms with E-state index in [1.165, 1.54) is 6.20 Å². The number of nitrogens with two attached hydrogens (primary N) is 1. The maximum absolute atomic E-state index is 5.69. The fourth-order valence-corrected chi connectivity index (χ4v) is 2.77. The van der Waals surface area contributed by atoms with Gasteiger partial charge in [-0.2, -0.15) is 4.98 Å². The lowest BCUT2D eigenvalue weighted by atomic mass is 10.4. The van der Waals surface area contributed by atoms with Crippen LogP contribution in [-0.4, -0.2) is 84.1 Å². The molecule has 0 atom stereocenters. The van der Waals surface area contributed by atoms with Crippen LogP contribution in [0.15, 0.2) is 21.3 Å². The smallest absolute Gasteiger partial charge is 0.224 e. The van der Waals surface area contributed by atoms with E-state index in [4.69, 9.17) is 40.5 Å². The Balaban J connectivity index is 0.000000479. The molecule has 0 aliphatic rings. The standard InChI is InChI=1S/C9H14BrClN4.C5H14N2.C4HBrCl2N2/c1-15(2)5-3-4-12-8-7(10)6-13-9(11)14-8;1-7(2)5-3-4-6;5-2-1-8-4(7)9-3(2)6/h6H,3-5H2,1-2H3,(H,12,13,14);3-6H2,1-2H3;1H. The molecule has 0 unspecified atom stereocenters. The molecule has 0 aliphatic heterocycles. The Morgan fingerprint density at radius 2 is 1.39 bits per heavy atom. The number of hydrogen-bond acceptors (Lipinski definition) is 8. The molecular weight excluding hydrogens is 594 g/mol. The average Bonchev–Trinajstić information content (AvgIpc) is 2.70. The van der Waals surface area contributed by atoms with Crippen LogP contribution in [0.5, 0.6) is 0 Å². The monoisotopic (exact) mass is 620 g/mol. The minimum Gasteiger partial charge on any atom is -0.369 e. The minimum atomic E-state index is 0.156. The Hall–Kier alpha value is -0.330. The van der Waals surface area contributed by atoms with E-state index in [0.29, 0.717) is 9.63 Å². The molecule has 0 amide bonds. The molecule has 31 heavy (non-hydrogen) atoms. The summed E-state index contributed by atoms with van der Waals surface area (Å²) in [6.45, 7) is 3.82. The Bertz CT molecular complexity index is 754. The molecule has 0 saturated heterocycles. The summed E-state index contributed by atoms with van der Waals surface area (Å²) in [4.78, 5) is 19.5. The van der Waals surface area contributed by atoms with Gasteiger partial charge in [-0.05, 0) is 116 Å². The van der Waals surface area contributed by atoms with Gasteiger partial charge in [0.2, 0.25) is 10.6 Å². The normalized spacial score (nSPS) is 10.3. The van der Waals surface area contributed by atoms with E-state index in [-0.39, 0.29) is 10.6 Å². The quantitative estimate of drug-likeness (QED) is 0.248. The Morgan fingerprint density at radius 3 is 1.84 bits per heavy atom. The maximum Gasteiger partial charge on any atom is 0.224 e. The van der Waals surface area contributed by atoms with Crippen molar-refractivity contribution < 1.29 is 0 Å². The van der Waals surface area contributed by atoms with Crippen LogP contribution >= 0.6 is 66.7 Å². The molecule has 0 radical (unpaired) electrons. The van der Waals surface area contributed by atoms with E-state index >= 15 is 0 Å². The van der Waals surface area contributed by atoms with Gasteiger partial charge in [0.25, 0.3) is 0 Å². The maximum atomic E-state index is 5.69. The number of aromatic nitrogens is 4. The number of nitrogens with zero attached hydrogens (tertiary/aromatic N) is 6. The summed E-state index contributed by atoms with van der Waals surface area (Å²) in [6.07, 6.45) is 5.30. The van der Waals surface area contributed by atoms with Gasteiger partial charge < -0.3 is 20.9 Å². The second kappa shape index (κ2) is 18.1. The summed E-state index contributed by atoms with van der Waals surface area (Å²) >= 11 is 23.1. The van der Waals surface area contributed by atoms with Crippen molar-refractivity contribution in [2.45, 2.75) is 12.8 Å². The van der Waals surface area contributed by atoms with Gasteiger partial charge in [-0.1, -0.05) is 11.6 Å². The van der Waals surface area contributed by atoms with Gasteiger partial charge in [0.15, 0.2) is 0 Å². The van der Waals surface area contributed by atoms with E-state index in [1.807, 2.05) is 0 Å². The third-order valence-electron chi connectivity index (χ3n) is 3.27. The molecule has 0 fully saturated rings. The molecule has 0 saturated carbocycles. The lowest BCUT2D eigenvalue weighted by Crippen LogP contribution is -2.16. The predicted molar refractivity (Wildman–Crippen MR) is 138 cm³/mol. The first-order valence-corrected chi connectivity index (χ1v) is 12.0. The highest BCUT2D eigenvalue weighted by atomic mass is 79.9. The number of nitrogens with one attached hydrogen (secondary N) is 1. The van der Waals surface area contributed by atoms with Crippen LogP contribution in [0.4, 0.5) is 5.82 Å². The first kappa shape index (κ1) is 30.7. The molecule has 13 heteroatoms. The number of rotatable bonds is 8. The molecule has 2 aromatic heterocycles. The molecule has 0 bridgehead atoms. The Morgan fingerprint density at radius 1 is 0.871 bits per heavy atom. The predicted octanol–water partition coefficient (Wildman–Crippen LogP) is 4.70. The average molecular weight is 624 g/mol. The lowest BCUT2D eigenvalue weighted by Gasteiger charge is -2.10. The van der Waals surface area contributed by atoms with E-state index < -0.39 is 0 Å². The van der Waals surface area contributed by atoms with Crippen LogP contribution in [0.25, 0.3) is 0 Å².